The van der Waals surface area contributed by atoms with Crippen molar-refractivity contribution in [1.82, 2.24) is 10.3 Å². The van der Waals surface area contributed by atoms with E-state index < -0.39 is 0 Å². The SMILES string of the molecule is CNCc1c(-c2ncco2)ccc2c1oc1ccccc12. The lowest BCUT2D eigenvalue weighted by molar-refractivity contribution is 0.572. The minimum atomic E-state index is 0.614. The number of fused-ring (bicyclic) bond motifs is 3. The van der Waals surface area contributed by atoms with Crippen LogP contribution >= 0.6 is 0 Å². The molecule has 2 heterocycles. The van der Waals surface area contributed by atoms with E-state index >= 15 is 0 Å². The Balaban J connectivity index is 2.08. The molecule has 0 spiro atoms. The molecule has 2 aromatic heterocycles. The van der Waals surface area contributed by atoms with E-state index in [1.54, 1.807) is 12.5 Å². The summed E-state index contributed by atoms with van der Waals surface area (Å²) in [4.78, 5) is 4.25. The number of oxazole rings is 1. The average molecular weight is 278 g/mol. The first-order chi connectivity index (χ1) is 10.4. The van der Waals surface area contributed by atoms with Crippen LogP contribution in [0, 0.1) is 0 Å². The number of hydrogen-bond donors (Lipinski definition) is 1. The molecule has 0 saturated heterocycles. The van der Waals surface area contributed by atoms with Crippen LogP contribution in [0.1, 0.15) is 5.56 Å². The predicted octanol–water partition coefficient (Wildman–Crippen LogP) is 3.96. The highest BCUT2D eigenvalue weighted by Gasteiger charge is 2.17. The molecule has 0 atom stereocenters. The van der Waals surface area contributed by atoms with E-state index in [0.717, 1.165) is 33.1 Å². The minimum absolute atomic E-state index is 0.614. The number of aromatic nitrogens is 1. The lowest BCUT2D eigenvalue weighted by atomic mass is 10.0. The van der Waals surface area contributed by atoms with Crippen molar-refractivity contribution in [2.45, 2.75) is 6.54 Å². The third kappa shape index (κ3) is 1.84. The summed E-state index contributed by atoms with van der Waals surface area (Å²) >= 11 is 0. The zero-order valence-electron chi connectivity index (χ0n) is 11.6. The molecular weight excluding hydrogens is 264 g/mol. The Morgan fingerprint density at radius 2 is 2.00 bits per heavy atom. The van der Waals surface area contributed by atoms with Gasteiger partial charge < -0.3 is 14.2 Å². The van der Waals surface area contributed by atoms with Crippen molar-refractivity contribution in [2.24, 2.45) is 0 Å². The largest absolute Gasteiger partial charge is 0.456 e. The molecule has 0 radical (unpaired) electrons. The highest BCUT2D eigenvalue weighted by molar-refractivity contribution is 6.07. The molecule has 4 rings (SSSR count). The molecule has 0 fully saturated rings. The van der Waals surface area contributed by atoms with Gasteiger partial charge in [0.15, 0.2) is 0 Å². The van der Waals surface area contributed by atoms with Gasteiger partial charge in [0.25, 0.3) is 0 Å². The lowest BCUT2D eigenvalue weighted by Gasteiger charge is -2.07. The van der Waals surface area contributed by atoms with Gasteiger partial charge in [-0.25, -0.2) is 4.98 Å². The first kappa shape index (κ1) is 12.2. The summed E-state index contributed by atoms with van der Waals surface area (Å²) in [7, 11) is 1.92. The molecule has 2 aromatic carbocycles. The Labute approximate surface area is 121 Å². The van der Waals surface area contributed by atoms with Gasteiger partial charge in [-0.15, -0.1) is 0 Å². The minimum Gasteiger partial charge on any atom is -0.456 e. The van der Waals surface area contributed by atoms with Gasteiger partial charge in [0.1, 0.15) is 17.4 Å². The van der Waals surface area contributed by atoms with Crippen LogP contribution in [0.15, 0.2) is 57.7 Å². The van der Waals surface area contributed by atoms with Gasteiger partial charge >= 0.3 is 0 Å². The summed E-state index contributed by atoms with van der Waals surface area (Å²) in [6, 6.07) is 12.2. The molecule has 0 amide bonds. The van der Waals surface area contributed by atoms with E-state index in [1.165, 1.54) is 0 Å². The Kier molecular flexibility index (Phi) is 2.75. The van der Waals surface area contributed by atoms with Crippen LogP contribution in [0.2, 0.25) is 0 Å². The van der Waals surface area contributed by atoms with Crippen LogP contribution < -0.4 is 5.32 Å². The van der Waals surface area contributed by atoms with Crippen molar-refractivity contribution in [3.05, 3.63) is 54.4 Å². The van der Waals surface area contributed by atoms with E-state index in [0.29, 0.717) is 12.4 Å². The predicted molar refractivity (Wildman–Crippen MR) is 82.0 cm³/mol. The molecule has 0 bridgehead atoms. The van der Waals surface area contributed by atoms with Crippen LogP contribution in [0.4, 0.5) is 0 Å². The summed E-state index contributed by atoms with van der Waals surface area (Å²) in [6.45, 7) is 0.689. The number of para-hydroxylation sites is 1. The molecule has 0 aliphatic carbocycles. The molecule has 1 N–H and O–H groups in total. The van der Waals surface area contributed by atoms with Crippen LogP contribution in [0.25, 0.3) is 33.4 Å². The normalized spacial score (nSPS) is 11.5. The van der Waals surface area contributed by atoms with Crippen molar-refractivity contribution in [2.75, 3.05) is 7.05 Å². The van der Waals surface area contributed by atoms with E-state index in [1.807, 2.05) is 31.3 Å². The Hall–Kier alpha value is -2.59. The second-order valence-electron chi connectivity index (χ2n) is 4.93. The van der Waals surface area contributed by atoms with Gasteiger partial charge in [-0.1, -0.05) is 18.2 Å². The number of nitrogens with one attached hydrogen (secondary N) is 1. The quantitative estimate of drug-likeness (QED) is 0.616. The Bertz CT molecular complexity index is 907. The Morgan fingerprint density at radius 1 is 1.10 bits per heavy atom. The number of benzene rings is 2. The fraction of sp³-hybridized carbons (Fsp3) is 0.118. The number of nitrogens with zero attached hydrogens (tertiary/aromatic N) is 1. The Morgan fingerprint density at radius 3 is 2.81 bits per heavy atom. The molecule has 0 saturated carbocycles. The summed E-state index contributed by atoms with van der Waals surface area (Å²) < 4.78 is 11.5. The number of furan rings is 1. The third-order valence-corrected chi connectivity index (χ3v) is 3.67. The number of rotatable bonds is 3. The molecule has 4 heteroatoms. The van der Waals surface area contributed by atoms with Gasteiger partial charge in [0.05, 0.1) is 6.20 Å². The third-order valence-electron chi connectivity index (χ3n) is 3.67. The second-order valence-corrected chi connectivity index (χ2v) is 4.93. The topological polar surface area (TPSA) is 51.2 Å². The fourth-order valence-corrected chi connectivity index (χ4v) is 2.75. The van der Waals surface area contributed by atoms with Crippen molar-refractivity contribution in [1.29, 1.82) is 0 Å². The maximum absolute atomic E-state index is 6.07. The van der Waals surface area contributed by atoms with E-state index in [2.05, 4.69) is 22.4 Å². The molecule has 104 valence electrons. The van der Waals surface area contributed by atoms with Crippen LogP contribution in [0.5, 0.6) is 0 Å². The summed E-state index contributed by atoms with van der Waals surface area (Å²) in [5, 5.41) is 5.44. The summed E-state index contributed by atoms with van der Waals surface area (Å²) in [5.41, 5.74) is 3.81. The van der Waals surface area contributed by atoms with Gasteiger partial charge in [0.2, 0.25) is 5.89 Å². The summed E-state index contributed by atoms with van der Waals surface area (Å²) in [5.74, 6) is 0.614. The smallest absolute Gasteiger partial charge is 0.226 e. The van der Waals surface area contributed by atoms with Crippen molar-refractivity contribution < 1.29 is 8.83 Å². The standard InChI is InChI=1S/C17H14N2O2/c1-18-10-14-13(17-19-8-9-20-17)7-6-12-11-4-2-3-5-15(11)21-16(12)14/h2-9,18H,10H2,1H3. The van der Waals surface area contributed by atoms with Crippen molar-refractivity contribution >= 4 is 21.9 Å². The highest BCUT2D eigenvalue weighted by atomic mass is 16.3. The van der Waals surface area contributed by atoms with Gasteiger partial charge in [-0.05, 0) is 25.2 Å². The van der Waals surface area contributed by atoms with Crippen molar-refractivity contribution in [3.8, 4) is 11.5 Å². The molecule has 0 aliphatic heterocycles. The first-order valence-electron chi connectivity index (χ1n) is 6.86. The van der Waals surface area contributed by atoms with Gasteiger partial charge in [-0.3, -0.25) is 0 Å². The second kappa shape index (κ2) is 4.75. The summed E-state index contributed by atoms with van der Waals surface area (Å²) in [6.07, 6.45) is 3.24. The zero-order chi connectivity index (χ0) is 14.2. The lowest BCUT2D eigenvalue weighted by Crippen LogP contribution is -2.06. The van der Waals surface area contributed by atoms with Crippen LogP contribution in [-0.4, -0.2) is 12.0 Å². The maximum Gasteiger partial charge on any atom is 0.226 e. The average Bonchev–Trinajstić information content (AvgIpc) is 3.15. The fourth-order valence-electron chi connectivity index (χ4n) is 2.75. The maximum atomic E-state index is 6.07. The van der Waals surface area contributed by atoms with E-state index in [9.17, 15) is 0 Å². The molecule has 21 heavy (non-hydrogen) atoms. The first-order valence-corrected chi connectivity index (χ1v) is 6.86. The molecule has 4 aromatic rings. The van der Waals surface area contributed by atoms with E-state index in [4.69, 9.17) is 8.83 Å². The zero-order valence-corrected chi connectivity index (χ0v) is 11.6. The van der Waals surface area contributed by atoms with Gasteiger partial charge in [0, 0.05) is 28.4 Å². The number of hydrogen-bond acceptors (Lipinski definition) is 4. The molecule has 4 nitrogen and oxygen atoms in total. The molecule has 0 unspecified atom stereocenters. The monoisotopic (exact) mass is 278 g/mol. The van der Waals surface area contributed by atoms with Crippen molar-refractivity contribution in [3.63, 3.8) is 0 Å². The highest BCUT2D eigenvalue weighted by Crippen LogP contribution is 2.35. The molecule has 0 aliphatic rings. The van der Waals surface area contributed by atoms with Gasteiger partial charge in [-0.2, -0.15) is 0 Å². The van der Waals surface area contributed by atoms with Crippen LogP contribution in [0.3, 0.4) is 0 Å². The van der Waals surface area contributed by atoms with Crippen LogP contribution in [-0.2, 0) is 6.54 Å². The van der Waals surface area contributed by atoms with E-state index in [-0.39, 0.29) is 0 Å². The molecular formula is C17H14N2O2.